The van der Waals surface area contributed by atoms with Crippen LogP contribution in [0.2, 0.25) is 0 Å². The van der Waals surface area contributed by atoms with Gasteiger partial charge in [-0.3, -0.25) is 9.69 Å². The van der Waals surface area contributed by atoms with Crippen molar-refractivity contribution in [3.05, 3.63) is 72.2 Å². The van der Waals surface area contributed by atoms with Gasteiger partial charge in [-0.2, -0.15) is 0 Å². The minimum atomic E-state index is -0.00893. The molecule has 0 aliphatic carbocycles. The number of benzene rings is 2. The van der Waals surface area contributed by atoms with E-state index in [1.54, 1.807) is 18.4 Å². The predicted molar refractivity (Wildman–Crippen MR) is 93.8 cm³/mol. The maximum atomic E-state index is 12.3. The fourth-order valence-electron chi connectivity index (χ4n) is 3.26. The molecule has 2 heterocycles. The summed E-state index contributed by atoms with van der Waals surface area (Å²) in [4.78, 5) is 16.6. The third-order valence-electron chi connectivity index (χ3n) is 4.61. The van der Waals surface area contributed by atoms with Crippen LogP contribution >= 0.6 is 0 Å². The fourth-order valence-corrected chi connectivity index (χ4v) is 3.26. The standard InChI is InChI=1S/C20H20N2O2/c23-20(19-6-3-13-24-19)22-11-9-21(10-12-22)15-16-7-8-17-4-1-2-5-18(17)14-16/h1-8,13-14H,9-12,15H2. The van der Waals surface area contributed by atoms with Gasteiger partial charge in [0.1, 0.15) is 0 Å². The first kappa shape index (κ1) is 15.0. The van der Waals surface area contributed by atoms with Gasteiger partial charge in [0.2, 0.25) is 0 Å². The van der Waals surface area contributed by atoms with E-state index >= 15 is 0 Å². The third-order valence-corrected chi connectivity index (χ3v) is 4.61. The fraction of sp³-hybridized carbons (Fsp3) is 0.250. The highest BCUT2D eigenvalue weighted by Crippen LogP contribution is 2.18. The number of hydrogen-bond acceptors (Lipinski definition) is 3. The summed E-state index contributed by atoms with van der Waals surface area (Å²) in [5, 5.41) is 2.55. The van der Waals surface area contributed by atoms with Gasteiger partial charge in [0.25, 0.3) is 5.91 Å². The maximum absolute atomic E-state index is 12.3. The number of nitrogens with zero attached hydrogens (tertiary/aromatic N) is 2. The molecule has 1 saturated heterocycles. The average molecular weight is 320 g/mol. The molecule has 3 aromatic rings. The Morgan fingerprint density at radius 2 is 1.71 bits per heavy atom. The van der Waals surface area contributed by atoms with Crippen LogP contribution in [0.3, 0.4) is 0 Å². The van der Waals surface area contributed by atoms with Crippen molar-refractivity contribution >= 4 is 16.7 Å². The summed E-state index contributed by atoms with van der Waals surface area (Å²) in [6.45, 7) is 4.19. The Kier molecular flexibility index (Phi) is 4.05. The van der Waals surface area contributed by atoms with E-state index in [9.17, 15) is 4.79 Å². The summed E-state index contributed by atoms with van der Waals surface area (Å²) in [6, 6.07) is 18.5. The average Bonchev–Trinajstić information content (AvgIpc) is 3.16. The van der Waals surface area contributed by atoms with E-state index in [4.69, 9.17) is 4.42 Å². The molecular formula is C20H20N2O2. The van der Waals surface area contributed by atoms with Crippen LogP contribution in [0.4, 0.5) is 0 Å². The van der Waals surface area contributed by atoms with Crippen molar-refractivity contribution < 1.29 is 9.21 Å². The molecule has 1 aromatic heterocycles. The predicted octanol–water partition coefficient (Wildman–Crippen LogP) is 3.39. The molecule has 4 nitrogen and oxygen atoms in total. The molecule has 1 fully saturated rings. The monoisotopic (exact) mass is 320 g/mol. The van der Waals surface area contributed by atoms with E-state index in [2.05, 4.69) is 47.4 Å². The lowest BCUT2D eigenvalue weighted by atomic mass is 10.1. The summed E-state index contributed by atoms with van der Waals surface area (Å²) in [5.74, 6) is 0.420. The minimum absolute atomic E-state index is 0.00893. The van der Waals surface area contributed by atoms with Crippen molar-refractivity contribution in [2.24, 2.45) is 0 Å². The lowest BCUT2D eigenvalue weighted by Crippen LogP contribution is -2.48. The van der Waals surface area contributed by atoms with Crippen molar-refractivity contribution in [1.29, 1.82) is 0 Å². The molecule has 0 spiro atoms. The molecule has 0 saturated carbocycles. The van der Waals surface area contributed by atoms with Gasteiger partial charge >= 0.3 is 0 Å². The molecule has 0 radical (unpaired) electrons. The highest BCUT2D eigenvalue weighted by molar-refractivity contribution is 5.91. The Labute approximate surface area is 141 Å². The number of piperazine rings is 1. The molecule has 1 aliphatic heterocycles. The highest BCUT2D eigenvalue weighted by atomic mass is 16.3. The lowest BCUT2D eigenvalue weighted by Gasteiger charge is -2.34. The van der Waals surface area contributed by atoms with Crippen LogP contribution in [-0.2, 0) is 6.54 Å². The van der Waals surface area contributed by atoms with Crippen molar-refractivity contribution in [3.8, 4) is 0 Å². The number of fused-ring (bicyclic) bond motifs is 1. The van der Waals surface area contributed by atoms with E-state index in [1.165, 1.54) is 16.3 Å². The van der Waals surface area contributed by atoms with Crippen LogP contribution in [0.5, 0.6) is 0 Å². The van der Waals surface area contributed by atoms with Gasteiger partial charge in [-0.1, -0.05) is 36.4 Å². The van der Waals surface area contributed by atoms with Crippen molar-refractivity contribution in [2.75, 3.05) is 26.2 Å². The first-order chi connectivity index (χ1) is 11.8. The molecule has 0 unspecified atom stereocenters. The number of carbonyl (C=O) groups excluding carboxylic acids is 1. The summed E-state index contributed by atoms with van der Waals surface area (Å²) in [5.41, 5.74) is 1.32. The quantitative estimate of drug-likeness (QED) is 0.742. The van der Waals surface area contributed by atoms with E-state index in [0.29, 0.717) is 5.76 Å². The Morgan fingerprint density at radius 3 is 2.46 bits per heavy atom. The molecule has 1 aliphatic rings. The van der Waals surface area contributed by atoms with Crippen LogP contribution < -0.4 is 0 Å². The van der Waals surface area contributed by atoms with Crippen LogP contribution in [0.1, 0.15) is 16.1 Å². The topological polar surface area (TPSA) is 36.7 Å². The summed E-state index contributed by atoms with van der Waals surface area (Å²) in [7, 11) is 0. The first-order valence-corrected chi connectivity index (χ1v) is 8.32. The third kappa shape index (κ3) is 3.05. The minimum Gasteiger partial charge on any atom is -0.459 e. The molecule has 0 bridgehead atoms. The number of hydrogen-bond donors (Lipinski definition) is 0. The molecule has 2 aromatic carbocycles. The van der Waals surface area contributed by atoms with Crippen molar-refractivity contribution in [2.45, 2.75) is 6.54 Å². The SMILES string of the molecule is O=C(c1ccco1)N1CCN(Cc2ccc3ccccc3c2)CC1. The van der Waals surface area contributed by atoms with Crippen molar-refractivity contribution in [3.63, 3.8) is 0 Å². The molecule has 0 atom stereocenters. The molecule has 0 N–H and O–H groups in total. The van der Waals surface area contributed by atoms with E-state index < -0.39 is 0 Å². The zero-order valence-electron chi connectivity index (χ0n) is 13.5. The Morgan fingerprint density at radius 1 is 0.917 bits per heavy atom. The van der Waals surface area contributed by atoms with Gasteiger partial charge in [-0.05, 0) is 34.5 Å². The summed E-state index contributed by atoms with van der Waals surface area (Å²) in [6.07, 6.45) is 1.54. The molecule has 4 heteroatoms. The van der Waals surface area contributed by atoms with E-state index in [-0.39, 0.29) is 5.91 Å². The molecular weight excluding hydrogens is 300 g/mol. The second-order valence-electron chi connectivity index (χ2n) is 6.23. The maximum Gasteiger partial charge on any atom is 0.289 e. The van der Waals surface area contributed by atoms with Gasteiger partial charge < -0.3 is 9.32 Å². The Bertz CT molecular complexity index is 834. The summed E-state index contributed by atoms with van der Waals surface area (Å²) >= 11 is 0. The number of carbonyl (C=O) groups is 1. The smallest absolute Gasteiger partial charge is 0.289 e. The lowest BCUT2D eigenvalue weighted by molar-refractivity contribution is 0.0598. The summed E-state index contributed by atoms with van der Waals surface area (Å²) < 4.78 is 5.21. The van der Waals surface area contributed by atoms with E-state index in [0.717, 1.165) is 32.7 Å². The van der Waals surface area contributed by atoms with Gasteiger partial charge in [0.15, 0.2) is 5.76 Å². The number of furan rings is 1. The second-order valence-corrected chi connectivity index (χ2v) is 6.23. The Balaban J connectivity index is 1.38. The van der Waals surface area contributed by atoms with Gasteiger partial charge in [0, 0.05) is 32.7 Å². The second kappa shape index (κ2) is 6.49. The van der Waals surface area contributed by atoms with Crippen LogP contribution in [0.25, 0.3) is 10.8 Å². The van der Waals surface area contributed by atoms with Gasteiger partial charge in [0.05, 0.1) is 6.26 Å². The number of amides is 1. The van der Waals surface area contributed by atoms with Gasteiger partial charge in [-0.15, -0.1) is 0 Å². The highest BCUT2D eigenvalue weighted by Gasteiger charge is 2.23. The largest absolute Gasteiger partial charge is 0.459 e. The van der Waals surface area contributed by atoms with Crippen LogP contribution in [0, 0.1) is 0 Å². The normalized spacial score (nSPS) is 15.8. The molecule has 122 valence electrons. The number of rotatable bonds is 3. The molecule has 1 amide bonds. The van der Waals surface area contributed by atoms with Crippen LogP contribution in [0.15, 0.2) is 65.3 Å². The first-order valence-electron chi connectivity index (χ1n) is 8.32. The Hall–Kier alpha value is -2.59. The van der Waals surface area contributed by atoms with Crippen LogP contribution in [-0.4, -0.2) is 41.9 Å². The molecule has 24 heavy (non-hydrogen) atoms. The zero-order chi connectivity index (χ0) is 16.4. The molecule has 4 rings (SSSR count). The van der Waals surface area contributed by atoms with Crippen molar-refractivity contribution in [1.82, 2.24) is 9.80 Å². The van der Waals surface area contributed by atoms with E-state index in [1.807, 2.05) is 4.90 Å². The zero-order valence-corrected chi connectivity index (χ0v) is 13.5. The van der Waals surface area contributed by atoms with Gasteiger partial charge in [-0.25, -0.2) is 0 Å².